The first-order valence-electron chi connectivity index (χ1n) is 7.97. The summed E-state index contributed by atoms with van der Waals surface area (Å²) in [6.07, 6.45) is -0.548. The third kappa shape index (κ3) is 5.67. The number of nitrogens with one attached hydrogen (secondary N) is 2. The van der Waals surface area contributed by atoms with Gasteiger partial charge in [0.25, 0.3) is 0 Å². The van der Waals surface area contributed by atoms with Crippen molar-refractivity contribution in [2.75, 3.05) is 13.1 Å². The molecule has 1 atom stereocenters. The molecule has 3 aromatic rings. The molecule has 0 bridgehead atoms. The lowest BCUT2D eigenvalue weighted by Crippen LogP contribution is -2.39. The van der Waals surface area contributed by atoms with Crippen LogP contribution in [0, 0.1) is 0 Å². The van der Waals surface area contributed by atoms with E-state index in [1.54, 1.807) is 22.7 Å². The Balaban J connectivity index is 0.00000225. The summed E-state index contributed by atoms with van der Waals surface area (Å²) in [5.74, 6) is 0.728. The van der Waals surface area contributed by atoms with Crippen molar-refractivity contribution in [2.45, 2.75) is 19.6 Å². The summed E-state index contributed by atoms with van der Waals surface area (Å²) in [6, 6.07) is 14.4. The summed E-state index contributed by atoms with van der Waals surface area (Å²) in [7, 11) is 0. The average molecular weight is 487 g/mol. The Morgan fingerprint density at radius 1 is 1.20 bits per heavy atom. The number of benzene rings is 1. The molecule has 25 heavy (non-hydrogen) atoms. The van der Waals surface area contributed by atoms with E-state index in [2.05, 4.69) is 45.3 Å². The molecule has 0 radical (unpaired) electrons. The minimum atomic E-state index is -0.548. The summed E-state index contributed by atoms with van der Waals surface area (Å²) in [4.78, 5) is 6.75. The van der Waals surface area contributed by atoms with Gasteiger partial charge in [-0.25, -0.2) is 4.99 Å². The van der Waals surface area contributed by atoms with Gasteiger partial charge in [0.05, 0.1) is 6.54 Å². The van der Waals surface area contributed by atoms with Crippen molar-refractivity contribution in [3.05, 3.63) is 57.6 Å². The van der Waals surface area contributed by atoms with E-state index in [9.17, 15) is 5.11 Å². The average Bonchev–Trinajstić information content (AvgIpc) is 3.26. The largest absolute Gasteiger partial charge is 0.386 e. The molecule has 3 N–H and O–H groups in total. The molecule has 2 aromatic heterocycles. The number of fused-ring (bicyclic) bond motifs is 1. The van der Waals surface area contributed by atoms with Gasteiger partial charge < -0.3 is 15.7 Å². The van der Waals surface area contributed by atoms with Crippen molar-refractivity contribution in [3.8, 4) is 0 Å². The number of halogens is 1. The predicted octanol–water partition coefficient (Wildman–Crippen LogP) is 4.37. The van der Waals surface area contributed by atoms with Crippen LogP contribution >= 0.6 is 46.7 Å². The van der Waals surface area contributed by atoms with E-state index in [1.165, 1.54) is 15.0 Å². The number of aliphatic hydroxyl groups is 1. The molecule has 0 saturated heterocycles. The maximum atomic E-state index is 10.5. The second-order valence-corrected chi connectivity index (χ2v) is 7.51. The quantitative estimate of drug-likeness (QED) is 0.275. The molecule has 0 aliphatic carbocycles. The number of aliphatic hydroxyl groups excluding tert-OH is 1. The molecule has 0 fully saturated rings. The van der Waals surface area contributed by atoms with Crippen molar-refractivity contribution in [1.82, 2.24) is 10.6 Å². The molecule has 134 valence electrons. The maximum absolute atomic E-state index is 10.5. The highest BCUT2D eigenvalue weighted by atomic mass is 127. The molecule has 1 unspecified atom stereocenters. The van der Waals surface area contributed by atoms with Gasteiger partial charge in [-0.3, -0.25) is 0 Å². The summed E-state index contributed by atoms with van der Waals surface area (Å²) < 4.78 is 1.20. The van der Waals surface area contributed by atoms with Crippen LogP contribution in [0.4, 0.5) is 0 Å². The Bertz CT molecular complexity index is 769. The van der Waals surface area contributed by atoms with E-state index in [0.29, 0.717) is 13.1 Å². The van der Waals surface area contributed by atoms with Crippen LogP contribution in [0.15, 0.2) is 52.8 Å². The number of nitrogens with zero attached hydrogens (tertiary/aromatic N) is 1. The number of hydrogen-bond donors (Lipinski definition) is 3. The zero-order valence-corrected chi connectivity index (χ0v) is 17.9. The highest BCUT2D eigenvalue weighted by molar-refractivity contribution is 14.0. The second kappa shape index (κ2) is 10.1. The van der Waals surface area contributed by atoms with Crippen LogP contribution in [0.1, 0.15) is 22.8 Å². The van der Waals surface area contributed by atoms with Crippen LogP contribution in [0.2, 0.25) is 0 Å². The lowest BCUT2D eigenvalue weighted by atomic mass is 10.2. The van der Waals surface area contributed by atoms with E-state index in [4.69, 9.17) is 0 Å². The smallest absolute Gasteiger partial charge is 0.191 e. The van der Waals surface area contributed by atoms with Crippen molar-refractivity contribution in [1.29, 1.82) is 0 Å². The third-order valence-corrected chi connectivity index (χ3v) is 5.63. The zero-order valence-electron chi connectivity index (χ0n) is 13.9. The number of rotatable bonds is 6. The Morgan fingerprint density at radius 3 is 2.76 bits per heavy atom. The Kier molecular flexibility index (Phi) is 8.14. The van der Waals surface area contributed by atoms with Crippen molar-refractivity contribution >= 4 is 62.7 Å². The Labute approximate surface area is 173 Å². The molecule has 7 heteroatoms. The van der Waals surface area contributed by atoms with Gasteiger partial charge >= 0.3 is 0 Å². The van der Waals surface area contributed by atoms with Crippen molar-refractivity contribution in [2.24, 2.45) is 4.99 Å². The van der Waals surface area contributed by atoms with Crippen molar-refractivity contribution in [3.63, 3.8) is 0 Å². The molecule has 2 heterocycles. The molecule has 4 nitrogen and oxygen atoms in total. The summed E-state index contributed by atoms with van der Waals surface area (Å²) in [6.45, 7) is 3.90. The highest BCUT2D eigenvalue weighted by Crippen LogP contribution is 2.29. The van der Waals surface area contributed by atoms with E-state index in [0.717, 1.165) is 17.4 Å². The lowest BCUT2D eigenvalue weighted by Gasteiger charge is -2.14. The van der Waals surface area contributed by atoms with Crippen LogP contribution in [-0.2, 0) is 6.54 Å². The normalized spacial score (nSPS) is 12.6. The molecular weight excluding hydrogens is 465 g/mol. The lowest BCUT2D eigenvalue weighted by molar-refractivity contribution is 0.184. The van der Waals surface area contributed by atoms with Crippen molar-refractivity contribution < 1.29 is 5.11 Å². The summed E-state index contributed by atoms with van der Waals surface area (Å²) in [5.41, 5.74) is 0. The fourth-order valence-electron chi connectivity index (χ4n) is 2.36. The SMILES string of the molecule is CCNC(=NCc1cccs1)NCC(O)c1cc2ccccc2s1.I. The fourth-order valence-corrected chi connectivity index (χ4v) is 4.04. The molecule has 0 spiro atoms. The third-order valence-electron chi connectivity index (χ3n) is 3.55. The molecule has 1 aromatic carbocycles. The van der Waals surface area contributed by atoms with Crippen LogP contribution in [0.3, 0.4) is 0 Å². The number of guanidine groups is 1. The van der Waals surface area contributed by atoms with Gasteiger partial charge in [0.1, 0.15) is 6.10 Å². The molecule has 3 rings (SSSR count). The number of aliphatic imine (C=N–C) groups is 1. The first-order valence-corrected chi connectivity index (χ1v) is 9.67. The topological polar surface area (TPSA) is 56.7 Å². The highest BCUT2D eigenvalue weighted by Gasteiger charge is 2.12. The Hall–Kier alpha value is -1.16. The van der Waals surface area contributed by atoms with E-state index >= 15 is 0 Å². The predicted molar refractivity (Wildman–Crippen MR) is 119 cm³/mol. The van der Waals surface area contributed by atoms with Gasteiger partial charge in [0, 0.05) is 27.5 Å². The minimum Gasteiger partial charge on any atom is -0.386 e. The molecule has 0 amide bonds. The Morgan fingerprint density at radius 2 is 2.04 bits per heavy atom. The van der Waals surface area contributed by atoms with Gasteiger partial charge in [0.15, 0.2) is 5.96 Å². The molecule has 0 aliphatic rings. The minimum absolute atomic E-state index is 0. The van der Waals surface area contributed by atoms with Crippen LogP contribution < -0.4 is 10.6 Å². The van der Waals surface area contributed by atoms with Crippen LogP contribution in [0.25, 0.3) is 10.1 Å². The number of thiophene rings is 2. The number of hydrogen-bond acceptors (Lipinski definition) is 4. The first kappa shape index (κ1) is 20.2. The zero-order chi connectivity index (χ0) is 16.8. The van der Waals surface area contributed by atoms with Crippen LogP contribution in [-0.4, -0.2) is 24.2 Å². The van der Waals surface area contributed by atoms with E-state index in [1.807, 2.05) is 25.1 Å². The monoisotopic (exact) mass is 487 g/mol. The van der Waals surface area contributed by atoms with Crippen LogP contribution in [0.5, 0.6) is 0 Å². The first-order chi connectivity index (χ1) is 11.8. The standard InChI is InChI=1S/C18H21N3OS2.HI/c1-2-19-18(20-11-14-7-5-9-23-14)21-12-15(22)17-10-13-6-3-4-8-16(13)24-17;/h3-10,15,22H,2,11-12H2,1H3,(H2,19,20,21);1H. The molecule has 0 saturated carbocycles. The van der Waals surface area contributed by atoms with Gasteiger partial charge in [-0.1, -0.05) is 24.3 Å². The van der Waals surface area contributed by atoms with E-state index < -0.39 is 6.10 Å². The summed E-state index contributed by atoms with van der Waals surface area (Å²) in [5, 5.41) is 20.1. The van der Waals surface area contributed by atoms with Gasteiger partial charge in [0.2, 0.25) is 0 Å². The maximum Gasteiger partial charge on any atom is 0.191 e. The van der Waals surface area contributed by atoms with Gasteiger partial charge in [-0.15, -0.1) is 46.7 Å². The van der Waals surface area contributed by atoms with Gasteiger partial charge in [-0.05, 0) is 35.9 Å². The summed E-state index contributed by atoms with van der Waals surface area (Å²) >= 11 is 3.33. The fraction of sp³-hybridized carbons (Fsp3) is 0.278. The molecular formula is C18H22IN3OS2. The second-order valence-electron chi connectivity index (χ2n) is 5.36. The van der Waals surface area contributed by atoms with Gasteiger partial charge in [-0.2, -0.15) is 0 Å². The van der Waals surface area contributed by atoms with E-state index in [-0.39, 0.29) is 24.0 Å². The molecule has 0 aliphatic heterocycles.